The smallest absolute Gasteiger partial charge is 0.253 e. The highest BCUT2D eigenvalue weighted by molar-refractivity contribution is 7.92. The van der Waals surface area contributed by atoms with E-state index < -0.39 is 22.5 Å². The Labute approximate surface area is 170 Å². The zero-order chi connectivity index (χ0) is 21.4. The van der Waals surface area contributed by atoms with Crippen LogP contribution in [0.25, 0.3) is 0 Å². The maximum atomic E-state index is 12.6. The van der Waals surface area contributed by atoms with Gasteiger partial charge in [-0.05, 0) is 24.3 Å². The van der Waals surface area contributed by atoms with Crippen LogP contribution in [0.1, 0.15) is 10.4 Å². The van der Waals surface area contributed by atoms with E-state index in [1.807, 2.05) is 0 Å². The molecule has 0 aliphatic heterocycles. The number of benzene rings is 2. The molecule has 0 atom stereocenters. The molecule has 154 valence electrons. The molecule has 2 aromatic carbocycles. The van der Waals surface area contributed by atoms with Gasteiger partial charge < -0.3 is 15.4 Å². The van der Waals surface area contributed by atoms with Gasteiger partial charge in [0.15, 0.2) is 0 Å². The molecule has 2 aromatic rings. The molecule has 0 fully saturated rings. The molecule has 0 heterocycles. The largest absolute Gasteiger partial charge is 0.495 e. The lowest BCUT2D eigenvalue weighted by Gasteiger charge is -2.23. The topological polar surface area (TPSA) is 105 Å². The third kappa shape index (κ3) is 5.82. The van der Waals surface area contributed by atoms with Gasteiger partial charge in [0, 0.05) is 6.54 Å². The Morgan fingerprint density at radius 1 is 1.14 bits per heavy atom. The van der Waals surface area contributed by atoms with Gasteiger partial charge >= 0.3 is 0 Å². The minimum absolute atomic E-state index is 0.240. The summed E-state index contributed by atoms with van der Waals surface area (Å²) in [5, 5.41) is 5.24. The monoisotopic (exact) mass is 417 g/mol. The van der Waals surface area contributed by atoms with E-state index in [1.54, 1.807) is 48.5 Å². The molecule has 0 aliphatic carbocycles. The average molecular weight is 417 g/mol. The number of carbonyl (C=O) groups is 2. The summed E-state index contributed by atoms with van der Waals surface area (Å²) in [4.78, 5) is 24.9. The second-order valence-corrected chi connectivity index (χ2v) is 7.94. The number of rotatable bonds is 9. The molecular formula is C20H23N3O5S. The summed E-state index contributed by atoms with van der Waals surface area (Å²) in [6.07, 6.45) is 2.54. The van der Waals surface area contributed by atoms with Crippen LogP contribution in [0, 0.1) is 0 Å². The number of methoxy groups -OCH3 is 1. The Morgan fingerprint density at radius 2 is 1.79 bits per heavy atom. The fourth-order valence-corrected chi connectivity index (χ4v) is 3.45. The maximum absolute atomic E-state index is 12.6. The molecule has 0 saturated heterocycles. The molecule has 0 aliphatic rings. The van der Waals surface area contributed by atoms with E-state index in [1.165, 1.54) is 13.2 Å². The molecule has 0 saturated carbocycles. The first-order chi connectivity index (χ1) is 13.8. The number of para-hydroxylation sites is 3. The van der Waals surface area contributed by atoms with Gasteiger partial charge in [-0.15, -0.1) is 6.58 Å². The predicted molar refractivity (Wildman–Crippen MR) is 113 cm³/mol. The highest BCUT2D eigenvalue weighted by Gasteiger charge is 2.24. The quantitative estimate of drug-likeness (QED) is 0.608. The SMILES string of the molecule is C=CCNC(=O)c1ccccc1NC(=O)CN(c1ccccc1OC)S(C)(=O)=O. The van der Waals surface area contributed by atoms with Crippen molar-refractivity contribution >= 4 is 33.2 Å². The van der Waals surface area contributed by atoms with E-state index in [9.17, 15) is 18.0 Å². The Balaban J connectivity index is 2.27. The number of amides is 2. The second kappa shape index (κ2) is 9.74. The first kappa shape index (κ1) is 22.0. The summed E-state index contributed by atoms with van der Waals surface area (Å²) in [6.45, 7) is 3.33. The fourth-order valence-electron chi connectivity index (χ4n) is 2.59. The normalized spacial score (nSPS) is 10.7. The Kier molecular flexibility index (Phi) is 7.38. The van der Waals surface area contributed by atoms with Crippen LogP contribution in [-0.2, 0) is 14.8 Å². The summed E-state index contributed by atoms with van der Waals surface area (Å²) in [7, 11) is -2.36. The zero-order valence-corrected chi connectivity index (χ0v) is 17.0. The summed E-state index contributed by atoms with van der Waals surface area (Å²) < 4.78 is 30.8. The lowest BCUT2D eigenvalue weighted by atomic mass is 10.1. The van der Waals surface area contributed by atoms with Crippen LogP contribution < -0.4 is 19.7 Å². The molecule has 0 radical (unpaired) electrons. The molecule has 0 spiro atoms. The highest BCUT2D eigenvalue weighted by atomic mass is 32.2. The van der Waals surface area contributed by atoms with Crippen molar-refractivity contribution in [3.05, 3.63) is 66.7 Å². The van der Waals surface area contributed by atoms with Gasteiger partial charge in [0.1, 0.15) is 12.3 Å². The fraction of sp³-hybridized carbons (Fsp3) is 0.200. The number of sulfonamides is 1. The van der Waals surface area contributed by atoms with Crippen molar-refractivity contribution in [2.45, 2.75) is 0 Å². The van der Waals surface area contributed by atoms with E-state index in [0.29, 0.717) is 5.75 Å². The number of hydrogen-bond donors (Lipinski definition) is 2. The van der Waals surface area contributed by atoms with Crippen LogP contribution in [0.3, 0.4) is 0 Å². The van der Waals surface area contributed by atoms with Crippen molar-refractivity contribution in [1.29, 1.82) is 0 Å². The van der Waals surface area contributed by atoms with E-state index in [0.717, 1.165) is 10.6 Å². The highest BCUT2D eigenvalue weighted by Crippen LogP contribution is 2.29. The summed E-state index contributed by atoms with van der Waals surface area (Å²) in [5.41, 5.74) is 0.767. The van der Waals surface area contributed by atoms with Crippen molar-refractivity contribution in [2.75, 3.05) is 36.1 Å². The number of nitrogens with zero attached hydrogens (tertiary/aromatic N) is 1. The standard InChI is InChI=1S/C20H23N3O5S/c1-4-13-21-20(25)15-9-5-6-10-16(15)22-19(24)14-23(29(3,26)27)17-11-7-8-12-18(17)28-2/h4-12H,1,13-14H2,2-3H3,(H,21,25)(H,22,24). The van der Waals surface area contributed by atoms with Crippen LogP contribution >= 0.6 is 0 Å². The first-order valence-corrected chi connectivity index (χ1v) is 10.5. The maximum Gasteiger partial charge on any atom is 0.253 e. The lowest BCUT2D eigenvalue weighted by molar-refractivity contribution is -0.114. The molecule has 0 unspecified atom stereocenters. The van der Waals surface area contributed by atoms with E-state index in [2.05, 4.69) is 17.2 Å². The summed E-state index contributed by atoms with van der Waals surface area (Å²) in [6, 6.07) is 12.9. The molecular weight excluding hydrogens is 394 g/mol. The van der Waals surface area contributed by atoms with Crippen molar-refractivity contribution in [3.63, 3.8) is 0 Å². The molecule has 0 aromatic heterocycles. The van der Waals surface area contributed by atoms with Crippen LogP contribution in [0.15, 0.2) is 61.2 Å². The molecule has 2 N–H and O–H groups in total. The lowest BCUT2D eigenvalue weighted by Crippen LogP contribution is -2.38. The number of carbonyl (C=O) groups excluding carboxylic acids is 2. The van der Waals surface area contributed by atoms with Gasteiger partial charge in [0.25, 0.3) is 5.91 Å². The zero-order valence-electron chi connectivity index (χ0n) is 16.2. The van der Waals surface area contributed by atoms with Crippen LogP contribution in [-0.4, -0.2) is 46.7 Å². The van der Waals surface area contributed by atoms with Crippen molar-refractivity contribution in [3.8, 4) is 5.75 Å². The average Bonchev–Trinajstić information content (AvgIpc) is 2.69. The Morgan fingerprint density at radius 3 is 2.45 bits per heavy atom. The minimum Gasteiger partial charge on any atom is -0.495 e. The number of hydrogen-bond acceptors (Lipinski definition) is 5. The van der Waals surface area contributed by atoms with Crippen LogP contribution in [0.5, 0.6) is 5.75 Å². The Bertz CT molecular complexity index is 1000. The first-order valence-electron chi connectivity index (χ1n) is 8.66. The van der Waals surface area contributed by atoms with Gasteiger partial charge in [-0.2, -0.15) is 0 Å². The van der Waals surface area contributed by atoms with Gasteiger partial charge in [-0.3, -0.25) is 13.9 Å². The molecule has 8 nitrogen and oxygen atoms in total. The van der Waals surface area contributed by atoms with Gasteiger partial charge in [-0.25, -0.2) is 8.42 Å². The molecule has 0 bridgehead atoms. The molecule has 2 amide bonds. The number of ether oxygens (including phenoxy) is 1. The predicted octanol–water partition coefficient (Wildman–Crippen LogP) is 2.02. The number of anilines is 2. The van der Waals surface area contributed by atoms with E-state index in [-0.39, 0.29) is 29.4 Å². The summed E-state index contributed by atoms with van der Waals surface area (Å²) >= 11 is 0. The molecule has 9 heteroatoms. The van der Waals surface area contributed by atoms with E-state index >= 15 is 0 Å². The number of nitrogens with one attached hydrogen (secondary N) is 2. The van der Waals surface area contributed by atoms with Crippen LogP contribution in [0.4, 0.5) is 11.4 Å². The second-order valence-electron chi connectivity index (χ2n) is 6.03. The third-order valence-electron chi connectivity index (χ3n) is 3.89. The molecule has 29 heavy (non-hydrogen) atoms. The summed E-state index contributed by atoms with van der Waals surface area (Å²) in [5.74, 6) is -0.675. The Hall–Kier alpha value is -3.33. The molecule has 2 rings (SSSR count). The van der Waals surface area contributed by atoms with Crippen molar-refractivity contribution in [2.24, 2.45) is 0 Å². The van der Waals surface area contributed by atoms with E-state index in [4.69, 9.17) is 4.74 Å². The third-order valence-corrected chi connectivity index (χ3v) is 5.02. The van der Waals surface area contributed by atoms with Crippen molar-refractivity contribution < 1.29 is 22.7 Å². The van der Waals surface area contributed by atoms with Crippen LogP contribution in [0.2, 0.25) is 0 Å². The minimum atomic E-state index is -3.77. The van der Waals surface area contributed by atoms with Gasteiger partial charge in [0.2, 0.25) is 15.9 Å². The van der Waals surface area contributed by atoms with Gasteiger partial charge in [0.05, 0.1) is 30.3 Å². The van der Waals surface area contributed by atoms with Crippen molar-refractivity contribution in [1.82, 2.24) is 5.32 Å². The van der Waals surface area contributed by atoms with Gasteiger partial charge in [-0.1, -0.05) is 30.3 Å².